The summed E-state index contributed by atoms with van der Waals surface area (Å²) in [6.07, 6.45) is 3.97. The lowest BCUT2D eigenvalue weighted by atomic mass is 9.88. The van der Waals surface area contributed by atoms with E-state index in [1.54, 1.807) is 12.4 Å². The van der Waals surface area contributed by atoms with Crippen molar-refractivity contribution in [3.05, 3.63) is 30.1 Å². The zero-order valence-electron chi connectivity index (χ0n) is 13.5. The van der Waals surface area contributed by atoms with E-state index in [9.17, 15) is 9.59 Å². The molecule has 2 aliphatic heterocycles. The number of pyridine rings is 1. The van der Waals surface area contributed by atoms with Crippen molar-refractivity contribution >= 4 is 11.8 Å². The molecule has 2 fully saturated rings. The van der Waals surface area contributed by atoms with Gasteiger partial charge in [-0.05, 0) is 17.7 Å². The van der Waals surface area contributed by atoms with Crippen LogP contribution in [0.4, 0.5) is 0 Å². The summed E-state index contributed by atoms with van der Waals surface area (Å²) in [4.78, 5) is 32.8. The summed E-state index contributed by atoms with van der Waals surface area (Å²) < 4.78 is 5.33. The number of carbonyl (C=O) groups is 2. The molecule has 0 radical (unpaired) electrons. The van der Waals surface area contributed by atoms with Gasteiger partial charge in [0.25, 0.3) is 0 Å². The van der Waals surface area contributed by atoms with Gasteiger partial charge >= 0.3 is 0 Å². The summed E-state index contributed by atoms with van der Waals surface area (Å²) in [6.45, 7) is 5.44. The van der Waals surface area contributed by atoms with Crippen molar-refractivity contribution < 1.29 is 14.3 Å². The van der Waals surface area contributed by atoms with Crippen LogP contribution in [0.25, 0.3) is 0 Å². The minimum atomic E-state index is -0.175. The molecule has 6 nitrogen and oxygen atoms in total. The summed E-state index contributed by atoms with van der Waals surface area (Å²) >= 11 is 0. The van der Waals surface area contributed by atoms with Crippen molar-refractivity contribution in [3.63, 3.8) is 0 Å². The van der Waals surface area contributed by atoms with E-state index in [-0.39, 0.29) is 23.7 Å². The number of rotatable bonds is 3. The van der Waals surface area contributed by atoms with Crippen LogP contribution in [0.5, 0.6) is 0 Å². The van der Waals surface area contributed by atoms with Crippen molar-refractivity contribution in [1.82, 2.24) is 14.8 Å². The van der Waals surface area contributed by atoms with Crippen LogP contribution in [-0.4, -0.2) is 66.0 Å². The molecule has 2 amide bonds. The highest BCUT2D eigenvalue weighted by molar-refractivity contribution is 5.83. The van der Waals surface area contributed by atoms with Crippen LogP contribution in [-0.2, 0) is 14.3 Å². The number of likely N-dealkylation sites (tertiary alicyclic amines) is 1. The Kier molecular flexibility index (Phi) is 4.91. The highest BCUT2D eigenvalue weighted by Crippen LogP contribution is 2.34. The number of morpholine rings is 1. The molecule has 0 aromatic carbocycles. The second kappa shape index (κ2) is 7.08. The quantitative estimate of drug-likeness (QED) is 0.831. The number of aromatic nitrogens is 1. The van der Waals surface area contributed by atoms with Crippen molar-refractivity contribution in [2.75, 3.05) is 39.4 Å². The number of ether oxygens (including phenoxy) is 1. The lowest BCUT2D eigenvalue weighted by Crippen LogP contribution is -2.45. The minimum Gasteiger partial charge on any atom is -0.378 e. The predicted octanol–water partition coefficient (Wildman–Crippen LogP) is 0.892. The Labute approximate surface area is 136 Å². The standard InChI is InChI=1S/C17H23N3O3/c1-2-16(21)20-11-14(13-3-5-18-6-4-13)15(12-20)17(22)19-7-9-23-10-8-19/h3-6,14-15H,2,7-12H2,1H3/t14-,15+/m0/s1. The summed E-state index contributed by atoms with van der Waals surface area (Å²) in [5.74, 6) is 0.123. The van der Waals surface area contributed by atoms with Crippen molar-refractivity contribution in [2.24, 2.45) is 5.92 Å². The van der Waals surface area contributed by atoms with Gasteiger partial charge in [0.15, 0.2) is 0 Å². The topological polar surface area (TPSA) is 62.7 Å². The molecule has 0 unspecified atom stereocenters. The van der Waals surface area contributed by atoms with Gasteiger partial charge in [-0.25, -0.2) is 0 Å². The number of hydrogen-bond acceptors (Lipinski definition) is 4. The molecule has 0 spiro atoms. The van der Waals surface area contributed by atoms with Gasteiger partial charge in [-0.3, -0.25) is 14.6 Å². The second-order valence-corrected chi connectivity index (χ2v) is 6.08. The average Bonchev–Trinajstić information content (AvgIpc) is 3.07. The van der Waals surface area contributed by atoms with Crippen molar-refractivity contribution in [1.29, 1.82) is 0 Å². The fourth-order valence-corrected chi connectivity index (χ4v) is 3.45. The van der Waals surface area contributed by atoms with E-state index in [4.69, 9.17) is 4.74 Å². The van der Waals surface area contributed by atoms with E-state index in [0.717, 1.165) is 5.56 Å². The molecular weight excluding hydrogens is 294 g/mol. The van der Waals surface area contributed by atoms with E-state index in [0.29, 0.717) is 45.8 Å². The first-order valence-electron chi connectivity index (χ1n) is 8.25. The molecule has 0 aliphatic carbocycles. The molecule has 2 aliphatic rings. The largest absolute Gasteiger partial charge is 0.378 e. The molecule has 23 heavy (non-hydrogen) atoms. The smallest absolute Gasteiger partial charge is 0.228 e. The van der Waals surface area contributed by atoms with Gasteiger partial charge in [-0.1, -0.05) is 6.92 Å². The monoisotopic (exact) mass is 317 g/mol. The average molecular weight is 317 g/mol. The van der Waals surface area contributed by atoms with Crippen molar-refractivity contribution in [3.8, 4) is 0 Å². The van der Waals surface area contributed by atoms with Crippen LogP contribution in [0.1, 0.15) is 24.8 Å². The second-order valence-electron chi connectivity index (χ2n) is 6.08. The summed E-state index contributed by atoms with van der Waals surface area (Å²) in [6, 6.07) is 3.90. The normalized spacial score (nSPS) is 24.7. The molecule has 3 heterocycles. The fourth-order valence-electron chi connectivity index (χ4n) is 3.45. The van der Waals surface area contributed by atoms with Gasteiger partial charge in [-0.2, -0.15) is 0 Å². The molecule has 124 valence electrons. The molecule has 1 aromatic rings. The van der Waals surface area contributed by atoms with Gasteiger partial charge < -0.3 is 14.5 Å². The third kappa shape index (κ3) is 3.37. The van der Waals surface area contributed by atoms with Crippen LogP contribution in [0.2, 0.25) is 0 Å². The third-order valence-electron chi connectivity index (χ3n) is 4.75. The Morgan fingerprint density at radius 3 is 2.52 bits per heavy atom. The highest BCUT2D eigenvalue weighted by atomic mass is 16.5. The molecule has 2 atom stereocenters. The van der Waals surface area contributed by atoms with Gasteiger partial charge in [0.05, 0.1) is 19.1 Å². The zero-order chi connectivity index (χ0) is 16.2. The fraction of sp³-hybridized carbons (Fsp3) is 0.588. The summed E-state index contributed by atoms with van der Waals surface area (Å²) in [7, 11) is 0. The van der Waals surface area contributed by atoms with E-state index in [1.807, 2.05) is 28.9 Å². The molecule has 0 saturated carbocycles. The Morgan fingerprint density at radius 2 is 1.87 bits per heavy atom. The molecular formula is C17H23N3O3. The number of carbonyl (C=O) groups excluding carboxylic acids is 2. The Bertz CT molecular complexity index is 557. The van der Waals surface area contributed by atoms with Crippen molar-refractivity contribution in [2.45, 2.75) is 19.3 Å². The number of hydrogen-bond donors (Lipinski definition) is 0. The third-order valence-corrected chi connectivity index (χ3v) is 4.75. The SMILES string of the molecule is CCC(=O)N1C[C@@H](C(=O)N2CCOCC2)[C@H](c2ccncc2)C1. The van der Waals surface area contributed by atoms with E-state index >= 15 is 0 Å². The van der Waals surface area contributed by atoms with E-state index < -0.39 is 0 Å². The number of amides is 2. The molecule has 0 bridgehead atoms. The first-order valence-corrected chi connectivity index (χ1v) is 8.25. The molecule has 3 rings (SSSR count). The Morgan fingerprint density at radius 1 is 1.17 bits per heavy atom. The van der Waals surface area contributed by atoms with Gasteiger partial charge in [0.1, 0.15) is 0 Å². The first-order chi connectivity index (χ1) is 11.2. The molecule has 1 aromatic heterocycles. The lowest BCUT2D eigenvalue weighted by molar-refractivity contribution is -0.140. The number of nitrogens with zero attached hydrogens (tertiary/aromatic N) is 3. The lowest BCUT2D eigenvalue weighted by Gasteiger charge is -2.30. The maximum absolute atomic E-state index is 13.0. The zero-order valence-corrected chi connectivity index (χ0v) is 13.5. The summed E-state index contributed by atoms with van der Waals surface area (Å²) in [5, 5.41) is 0. The molecule has 6 heteroatoms. The maximum atomic E-state index is 13.0. The molecule has 0 N–H and O–H groups in total. The minimum absolute atomic E-state index is 0.0452. The van der Waals surface area contributed by atoms with Crippen LogP contribution in [0.15, 0.2) is 24.5 Å². The highest BCUT2D eigenvalue weighted by Gasteiger charge is 2.41. The van der Waals surface area contributed by atoms with Crippen LogP contribution >= 0.6 is 0 Å². The van der Waals surface area contributed by atoms with Gasteiger partial charge in [0, 0.05) is 50.9 Å². The van der Waals surface area contributed by atoms with Crippen LogP contribution < -0.4 is 0 Å². The summed E-state index contributed by atoms with van der Waals surface area (Å²) in [5.41, 5.74) is 1.08. The van der Waals surface area contributed by atoms with E-state index in [2.05, 4.69) is 4.98 Å². The maximum Gasteiger partial charge on any atom is 0.228 e. The Balaban J connectivity index is 1.81. The van der Waals surface area contributed by atoms with E-state index in [1.165, 1.54) is 0 Å². The molecule has 2 saturated heterocycles. The predicted molar refractivity (Wildman–Crippen MR) is 84.7 cm³/mol. The Hall–Kier alpha value is -1.95. The van der Waals surface area contributed by atoms with Crippen LogP contribution in [0.3, 0.4) is 0 Å². The van der Waals surface area contributed by atoms with Gasteiger partial charge in [0.2, 0.25) is 11.8 Å². The van der Waals surface area contributed by atoms with Gasteiger partial charge in [-0.15, -0.1) is 0 Å². The van der Waals surface area contributed by atoms with Crippen LogP contribution in [0, 0.1) is 5.92 Å². The first kappa shape index (κ1) is 15.9.